The molecule has 15 heavy (non-hydrogen) atoms. The molecule has 0 fully saturated rings. The predicted molar refractivity (Wildman–Crippen MR) is 49.4 cm³/mol. The van der Waals surface area contributed by atoms with Gasteiger partial charge in [0.1, 0.15) is 13.2 Å². The third kappa shape index (κ3) is 19.3. The van der Waals surface area contributed by atoms with E-state index in [1.165, 1.54) is 0 Å². The van der Waals surface area contributed by atoms with Crippen molar-refractivity contribution >= 4 is 11.9 Å². The lowest BCUT2D eigenvalue weighted by Gasteiger charge is -1.97. The van der Waals surface area contributed by atoms with Gasteiger partial charge in [-0.25, -0.2) is 9.59 Å². The maximum atomic E-state index is 9.66. The Hall–Kier alpha value is -1.18. The van der Waals surface area contributed by atoms with Crippen LogP contribution in [-0.2, 0) is 14.3 Å². The fourth-order valence-electron chi connectivity index (χ4n) is 0.283. The number of hydrogen-bond acceptors (Lipinski definition) is 5. The Bertz CT molecular complexity index is 162. The van der Waals surface area contributed by atoms with Gasteiger partial charge in [-0.15, -0.1) is 0 Å². The van der Waals surface area contributed by atoms with Gasteiger partial charge in [-0.3, -0.25) is 0 Å². The molecule has 0 aliphatic rings. The van der Waals surface area contributed by atoms with Gasteiger partial charge in [0.15, 0.2) is 0 Å². The van der Waals surface area contributed by atoms with Crippen molar-refractivity contribution in [2.45, 2.75) is 6.92 Å². The summed E-state index contributed by atoms with van der Waals surface area (Å²) in [5, 5.41) is 32.2. The zero-order valence-electron chi connectivity index (χ0n) is 8.42. The van der Waals surface area contributed by atoms with Gasteiger partial charge >= 0.3 is 11.9 Å². The Labute approximate surface area is 86.9 Å². The van der Waals surface area contributed by atoms with Crippen molar-refractivity contribution in [3.63, 3.8) is 0 Å². The number of ether oxygens (including phenoxy) is 1. The minimum atomic E-state index is -1.17. The summed E-state index contributed by atoms with van der Waals surface area (Å²) < 4.78 is 4.16. The maximum absolute atomic E-state index is 9.66. The number of aliphatic hydroxyl groups is 2. The predicted octanol–water partition coefficient (Wildman–Crippen LogP) is -1.22. The Balaban J connectivity index is 0. The number of carbonyl (C=O) groups is 2. The molecule has 0 aromatic rings. The highest BCUT2D eigenvalue weighted by Gasteiger charge is 1.99. The molecule has 7 heteroatoms. The minimum Gasteiger partial charge on any atom is -0.480 e. The molecule has 0 unspecified atom stereocenters. The average molecular weight is 224 g/mol. The normalized spacial score (nSPS) is 9.33. The number of aliphatic carboxylic acids is 2. The summed E-state index contributed by atoms with van der Waals surface area (Å²) in [6.45, 7) is 0.811. The molecule has 0 saturated heterocycles. The summed E-state index contributed by atoms with van der Waals surface area (Å²) in [5.74, 6) is -2.29. The molecule has 0 heterocycles. The number of rotatable bonds is 6. The number of carboxylic acid groups (broad SMARTS) is 2. The molecule has 90 valence electrons. The van der Waals surface area contributed by atoms with Crippen molar-refractivity contribution in [1.82, 2.24) is 0 Å². The Morgan fingerprint density at radius 3 is 1.53 bits per heavy atom. The van der Waals surface area contributed by atoms with Crippen LogP contribution < -0.4 is 0 Å². The van der Waals surface area contributed by atoms with Crippen LogP contribution in [0.2, 0.25) is 0 Å². The van der Waals surface area contributed by atoms with Crippen LogP contribution in [0.25, 0.3) is 0 Å². The highest BCUT2D eigenvalue weighted by atomic mass is 16.5. The summed E-state index contributed by atoms with van der Waals surface area (Å²) in [5.41, 5.74) is 0. The molecule has 0 rings (SSSR count). The van der Waals surface area contributed by atoms with E-state index in [-0.39, 0.29) is 19.1 Å². The van der Waals surface area contributed by atoms with E-state index in [2.05, 4.69) is 4.74 Å². The highest BCUT2D eigenvalue weighted by molar-refractivity contribution is 5.70. The number of carboxylic acids is 2. The smallest absolute Gasteiger partial charge is 0.329 e. The zero-order chi connectivity index (χ0) is 12.3. The van der Waals surface area contributed by atoms with Crippen LogP contribution in [0.15, 0.2) is 0 Å². The monoisotopic (exact) mass is 224 g/mol. The minimum absolute atomic E-state index is 0.0463. The van der Waals surface area contributed by atoms with Gasteiger partial charge in [-0.2, -0.15) is 0 Å². The van der Waals surface area contributed by atoms with E-state index in [1.54, 1.807) is 6.92 Å². The summed E-state index contributed by atoms with van der Waals surface area (Å²) in [7, 11) is 0. The first-order chi connectivity index (χ1) is 6.93. The molecule has 0 bridgehead atoms. The SMILES string of the molecule is CC(CO)CO.O=C(O)COCC(=O)O. The van der Waals surface area contributed by atoms with Gasteiger partial charge in [0.2, 0.25) is 0 Å². The third-order valence-corrected chi connectivity index (χ3v) is 1.07. The van der Waals surface area contributed by atoms with Crippen molar-refractivity contribution < 1.29 is 34.8 Å². The fraction of sp³-hybridized carbons (Fsp3) is 0.750. The summed E-state index contributed by atoms with van der Waals surface area (Å²) in [4.78, 5) is 19.3. The molecular formula is C8H16O7. The zero-order valence-corrected chi connectivity index (χ0v) is 8.42. The first-order valence-electron chi connectivity index (χ1n) is 4.17. The van der Waals surface area contributed by atoms with E-state index in [1.807, 2.05) is 0 Å². The lowest BCUT2D eigenvalue weighted by atomic mass is 10.2. The largest absolute Gasteiger partial charge is 0.480 e. The molecule has 0 aromatic carbocycles. The van der Waals surface area contributed by atoms with Crippen LogP contribution in [0.5, 0.6) is 0 Å². The van der Waals surface area contributed by atoms with Crippen LogP contribution in [0, 0.1) is 5.92 Å². The molecule has 0 amide bonds. The van der Waals surface area contributed by atoms with E-state index in [0.29, 0.717) is 0 Å². The molecule has 0 aliphatic carbocycles. The number of aliphatic hydroxyl groups excluding tert-OH is 2. The maximum Gasteiger partial charge on any atom is 0.329 e. The Morgan fingerprint density at radius 1 is 1.07 bits per heavy atom. The van der Waals surface area contributed by atoms with Gasteiger partial charge < -0.3 is 25.2 Å². The van der Waals surface area contributed by atoms with E-state index in [4.69, 9.17) is 20.4 Å². The number of hydrogen-bond donors (Lipinski definition) is 4. The van der Waals surface area contributed by atoms with Gasteiger partial charge in [0, 0.05) is 19.1 Å². The molecule has 0 saturated carbocycles. The Morgan fingerprint density at radius 2 is 1.40 bits per heavy atom. The lowest BCUT2D eigenvalue weighted by molar-refractivity contribution is -0.148. The molecule has 0 aliphatic heterocycles. The van der Waals surface area contributed by atoms with Crippen LogP contribution in [0.4, 0.5) is 0 Å². The first kappa shape index (κ1) is 16.3. The molecular weight excluding hydrogens is 208 g/mol. The van der Waals surface area contributed by atoms with Crippen molar-refractivity contribution in [2.24, 2.45) is 5.92 Å². The molecule has 0 atom stereocenters. The lowest BCUT2D eigenvalue weighted by Crippen LogP contribution is -2.13. The second kappa shape index (κ2) is 10.9. The van der Waals surface area contributed by atoms with E-state index in [0.717, 1.165) is 0 Å². The standard InChI is InChI=1S/C4H6O5.C4H10O2/c5-3(6)1-9-2-4(7)8;1-4(2-5)3-6/h1-2H2,(H,5,6)(H,7,8);4-6H,2-3H2,1H3. The third-order valence-electron chi connectivity index (χ3n) is 1.07. The second-order valence-corrected chi connectivity index (χ2v) is 2.75. The second-order valence-electron chi connectivity index (χ2n) is 2.75. The van der Waals surface area contributed by atoms with Crippen LogP contribution in [0.1, 0.15) is 6.92 Å². The van der Waals surface area contributed by atoms with E-state index in [9.17, 15) is 9.59 Å². The van der Waals surface area contributed by atoms with E-state index < -0.39 is 25.2 Å². The van der Waals surface area contributed by atoms with Crippen molar-refractivity contribution in [3.05, 3.63) is 0 Å². The van der Waals surface area contributed by atoms with E-state index >= 15 is 0 Å². The molecule has 0 radical (unpaired) electrons. The average Bonchev–Trinajstić information content (AvgIpc) is 2.16. The Kier molecular flexibility index (Phi) is 11.8. The fourth-order valence-corrected chi connectivity index (χ4v) is 0.283. The summed E-state index contributed by atoms with van der Waals surface area (Å²) in [6.07, 6.45) is 0. The van der Waals surface area contributed by atoms with Crippen molar-refractivity contribution in [2.75, 3.05) is 26.4 Å². The van der Waals surface area contributed by atoms with Gasteiger partial charge in [-0.1, -0.05) is 6.92 Å². The topological polar surface area (TPSA) is 124 Å². The molecule has 4 N–H and O–H groups in total. The molecule has 0 spiro atoms. The van der Waals surface area contributed by atoms with Crippen LogP contribution >= 0.6 is 0 Å². The highest BCUT2D eigenvalue weighted by Crippen LogP contribution is 1.85. The van der Waals surface area contributed by atoms with Crippen molar-refractivity contribution in [1.29, 1.82) is 0 Å². The van der Waals surface area contributed by atoms with Crippen LogP contribution in [0.3, 0.4) is 0 Å². The first-order valence-corrected chi connectivity index (χ1v) is 4.17. The van der Waals surface area contributed by atoms with Crippen molar-refractivity contribution in [3.8, 4) is 0 Å². The molecule has 7 nitrogen and oxygen atoms in total. The quantitative estimate of drug-likeness (QED) is 0.445. The molecule has 0 aromatic heterocycles. The van der Waals surface area contributed by atoms with Gasteiger partial charge in [0.05, 0.1) is 0 Å². The van der Waals surface area contributed by atoms with Gasteiger partial charge in [-0.05, 0) is 0 Å². The summed E-state index contributed by atoms with van der Waals surface area (Å²) >= 11 is 0. The van der Waals surface area contributed by atoms with Gasteiger partial charge in [0.25, 0.3) is 0 Å². The summed E-state index contributed by atoms with van der Waals surface area (Å²) in [6, 6.07) is 0. The van der Waals surface area contributed by atoms with Crippen LogP contribution in [-0.4, -0.2) is 58.8 Å².